The van der Waals surface area contributed by atoms with Gasteiger partial charge in [0.1, 0.15) is 17.1 Å². The van der Waals surface area contributed by atoms with Crippen LogP contribution in [0.2, 0.25) is 0 Å². The first kappa shape index (κ1) is 31.6. The van der Waals surface area contributed by atoms with Crippen LogP contribution in [0.4, 0.5) is 16.2 Å². The molecule has 2 fully saturated rings. The third-order valence-electron chi connectivity index (χ3n) is 9.00. The summed E-state index contributed by atoms with van der Waals surface area (Å²) in [5, 5.41) is 4.65. The van der Waals surface area contributed by atoms with Crippen LogP contribution in [0.1, 0.15) is 52.9 Å². The fourth-order valence-electron chi connectivity index (χ4n) is 6.16. The lowest BCUT2D eigenvalue weighted by Gasteiger charge is -2.40. The van der Waals surface area contributed by atoms with Crippen molar-refractivity contribution < 1.29 is 23.7 Å². The van der Waals surface area contributed by atoms with E-state index in [1.54, 1.807) is 32.4 Å². The molecule has 1 aliphatic carbocycles. The van der Waals surface area contributed by atoms with E-state index in [0.717, 1.165) is 58.0 Å². The summed E-state index contributed by atoms with van der Waals surface area (Å²) in [6, 6.07) is 12.6. The van der Waals surface area contributed by atoms with E-state index >= 15 is 0 Å². The summed E-state index contributed by atoms with van der Waals surface area (Å²) < 4.78 is 24.7. The fraction of sp³-hybridized carbons (Fsp3) is 0.486. The molecule has 2 aromatic carbocycles. The van der Waals surface area contributed by atoms with Crippen LogP contribution in [0.15, 0.2) is 55.0 Å². The lowest BCUT2D eigenvalue weighted by Crippen LogP contribution is -2.50. The molecule has 0 atom stereocenters. The monoisotopic (exact) mass is 628 g/mol. The molecule has 2 aliphatic rings. The van der Waals surface area contributed by atoms with Gasteiger partial charge in [0.05, 0.1) is 55.5 Å². The lowest BCUT2D eigenvalue weighted by molar-refractivity contribution is -0.0719. The van der Waals surface area contributed by atoms with Crippen LogP contribution in [-0.4, -0.2) is 82.4 Å². The number of hydrogen-bond donors (Lipinski definition) is 0. The van der Waals surface area contributed by atoms with Gasteiger partial charge in [-0.05, 0) is 71.1 Å². The molecule has 11 nitrogen and oxygen atoms in total. The minimum Gasteiger partial charge on any atom is -0.497 e. The highest BCUT2D eigenvalue weighted by Gasteiger charge is 2.38. The van der Waals surface area contributed by atoms with E-state index in [4.69, 9.17) is 28.9 Å². The van der Waals surface area contributed by atoms with Crippen molar-refractivity contribution in [2.45, 2.75) is 76.7 Å². The van der Waals surface area contributed by atoms with Gasteiger partial charge in [-0.15, -0.1) is 0 Å². The van der Waals surface area contributed by atoms with Crippen LogP contribution < -0.4 is 14.4 Å². The molecular formula is C35H44N6O5. The first-order valence-corrected chi connectivity index (χ1v) is 15.9. The zero-order valence-electron chi connectivity index (χ0n) is 27.7. The Hall–Kier alpha value is -4.38. The van der Waals surface area contributed by atoms with E-state index < -0.39 is 11.2 Å². The molecule has 0 radical (unpaired) electrons. The standard InChI is InChI=1S/C35H44N6O5/c1-34(2,3)46-33(42)39-14-12-35(45-6,13-15-39)23-40-22-24(20-37-40)32-21-36-30-11-10-26(18-31(30)38-32)41(25-8-7-9-25)27-16-28(43-4)19-29(17-27)44-5/h10-11,16-22,25H,7-9,12-15,23H2,1-6H3. The molecule has 1 saturated heterocycles. The minimum atomic E-state index is -0.522. The molecule has 0 unspecified atom stereocenters. The van der Waals surface area contributed by atoms with Crippen molar-refractivity contribution in [3.05, 3.63) is 55.0 Å². The number of amides is 1. The van der Waals surface area contributed by atoms with E-state index in [0.29, 0.717) is 38.5 Å². The van der Waals surface area contributed by atoms with Gasteiger partial charge in [0.25, 0.3) is 0 Å². The molecule has 244 valence electrons. The Morgan fingerprint density at radius 2 is 1.67 bits per heavy atom. The summed E-state index contributed by atoms with van der Waals surface area (Å²) >= 11 is 0. The van der Waals surface area contributed by atoms with Crippen molar-refractivity contribution in [3.63, 3.8) is 0 Å². The maximum Gasteiger partial charge on any atom is 0.410 e. The predicted octanol–water partition coefficient (Wildman–Crippen LogP) is 6.62. The third kappa shape index (κ3) is 6.74. The number of anilines is 2. The van der Waals surface area contributed by atoms with Crippen LogP contribution in [-0.2, 0) is 16.0 Å². The Labute approximate surface area is 270 Å². The Bertz CT molecular complexity index is 1660. The van der Waals surface area contributed by atoms with E-state index in [2.05, 4.69) is 34.3 Å². The summed E-state index contributed by atoms with van der Waals surface area (Å²) in [4.78, 5) is 26.5. The van der Waals surface area contributed by atoms with Crippen LogP contribution in [0, 0.1) is 0 Å². The van der Waals surface area contributed by atoms with Gasteiger partial charge >= 0.3 is 6.09 Å². The highest BCUT2D eigenvalue weighted by Crippen LogP contribution is 2.40. The average Bonchev–Trinajstić information content (AvgIpc) is 3.49. The van der Waals surface area contributed by atoms with E-state index in [-0.39, 0.29) is 6.09 Å². The summed E-state index contributed by atoms with van der Waals surface area (Å²) in [7, 11) is 5.08. The second-order valence-corrected chi connectivity index (χ2v) is 13.2. The highest BCUT2D eigenvalue weighted by molar-refractivity contribution is 5.83. The zero-order valence-corrected chi connectivity index (χ0v) is 27.7. The first-order valence-electron chi connectivity index (χ1n) is 15.9. The Balaban J connectivity index is 1.22. The van der Waals surface area contributed by atoms with Crippen LogP contribution in [0.5, 0.6) is 11.5 Å². The molecule has 46 heavy (non-hydrogen) atoms. The molecule has 0 N–H and O–H groups in total. The number of aromatic nitrogens is 4. The number of likely N-dealkylation sites (tertiary alicyclic amines) is 1. The maximum absolute atomic E-state index is 12.6. The second-order valence-electron chi connectivity index (χ2n) is 13.2. The SMILES string of the molecule is COc1cc(OC)cc(N(c2ccc3ncc(-c4cnn(CC5(OC)CCN(C(=O)OC(C)(C)C)CC5)c4)nc3c2)C2CCC2)c1. The number of ether oxygens (including phenoxy) is 4. The topological polar surface area (TPSA) is 104 Å². The summed E-state index contributed by atoms with van der Waals surface area (Å²) in [6.45, 7) is 7.34. The average molecular weight is 629 g/mol. The van der Waals surface area contributed by atoms with Crippen molar-refractivity contribution in [2.24, 2.45) is 0 Å². The predicted molar refractivity (Wildman–Crippen MR) is 177 cm³/mol. The quantitative estimate of drug-likeness (QED) is 0.202. The molecule has 0 bridgehead atoms. The second kappa shape index (κ2) is 12.8. The van der Waals surface area contributed by atoms with E-state index in [1.807, 2.05) is 50.0 Å². The van der Waals surface area contributed by atoms with Crippen molar-refractivity contribution in [1.29, 1.82) is 0 Å². The van der Waals surface area contributed by atoms with Gasteiger partial charge in [-0.25, -0.2) is 9.78 Å². The smallest absolute Gasteiger partial charge is 0.410 e. The molecule has 6 rings (SSSR count). The number of hydrogen-bond acceptors (Lipinski definition) is 9. The maximum atomic E-state index is 12.6. The Kier molecular flexibility index (Phi) is 8.78. The molecular weight excluding hydrogens is 584 g/mol. The van der Waals surface area contributed by atoms with Crippen molar-refractivity contribution in [1.82, 2.24) is 24.6 Å². The summed E-state index contributed by atoms with van der Waals surface area (Å²) in [5.41, 5.74) is 4.39. The minimum absolute atomic E-state index is 0.282. The highest BCUT2D eigenvalue weighted by atomic mass is 16.6. The number of carbonyl (C=O) groups is 1. The van der Waals surface area contributed by atoms with Crippen molar-refractivity contribution in [3.8, 4) is 22.8 Å². The molecule has 1 saturated carbocycles. The van der Waals surface area contributed by atoms with Crippen LogP contribution >= 0.6 is 0 Å². The largest absolute Gasteiger partial charge is 0.497 e. The molecule has 0 spiro atoms. The normalized spacial score (nSPS) is 16.6. The van der Waals surface area contributed by atoms with Gasteiger partial charge in [-0.3, -0.25) is 9.67 Å². The number of fused-ring (bicyclic) bond motifs is 1. The fourth-order valence-corrected chi connectivity index (χ4v) is 6.16. The number of nitrogens with zero attached hydrogens (tertiary/aromatic N) is 6. The van der Waals surface area contributed by atoms with Gasteiger partial charge in [0.15, 0.2) is 0 Å². The van der Waals surface area contributed by atoms with Gasteiger partial charge in [0.2, 0.25) is 0 Å². The summed E-state index contributed by atoms with van der Waals surface area (Å²) in [6.07, 6.45) is 10.1. The molecule has 1 aliphatic heterocycles. The van der Waals surface area contributed by atoms with Gasteiger partial charge < -0.3 is 28.7 Å². The first-order chi connectivity index (χ1) is 22.1. The molecule has 3 heterocycles. The molecule has 11 heteroatoms. The number of rotatable bonds is 9. The molecule has 4 aromatic rings. The number of methoxy groups -OCH3 is 3. The van der Waals surface area contributed by atoms with Crippen molar-refractivity contribution in [2.75, 3.05) is 39.3 Å². The summed E-state index contributed by atoms with van der Waals surface area (Å²) in [5.74, 6) is 1.50. The zero-order chi connectivity index (χ0) is 32.5. The molecule has 2 aromatic heterocycles. The van der Waals surface area contributed by atoms with E-state index in [1.165, 1.54) is 6.42 Å². The number of carbonyl (C=O) groups excluding carboxylic acids is 1. The van der Waals surface area contributed by atoms with Crippen LogP contribution in [0.25, 0.3) is 22.3 Å². The van der Waals surface area contributed by atoms with Crippen molar-refractivity contribution >= 4 is 28.5 Å². The number of benzene rings is 2. The van der Waals surface area contributed by atoms with Gasteiger partial charge in [-0.1, -0.05) is 0 Å². The lowest BCUT2D eigenvalue weighted by atomic mass is 9.90. The van der Waals surface area contributed by atoms with Gasteiger partial charge in [0, 0.05) is 67.6 Å². The Morgan fingerprint density at radius 1 is 0.957 bits per heavy atom. The molecule has 1 amide bonds. The Morgan fingerprint density at radius 3 is 2.28 bits per heavy atom. The van der Waals surface area contributed by atoms with Crippen LogP contribution in [0.3, 0.4) is 0 Å². The number of piperidine rings is 1. The third-order valence-corrected chi connectivity index (χ3v) is 9.00. The van der Waals surface area contributed by atoms with E-state index in [9.17, 15) is 4.79 Å². The van der Waals surface area contributed by atoms with Gasteiger partial charge in [-0.2, -0.15) is 5.10 Å².